The van der Waals surface area contributed by atoms with E-state index in [2.05, 4.69) is 4.90 Å². The molecule has 5 nitrogen and oxygen atoms in total. The van der Waals surface area contributed by atoms with Gasteiger partial charge in [0.2, 0.25) is 5.91 Å². The van der Waals surface area contributed by atoms with Crippen molar-refractivity contribution in [3.05, 3.63) is 71.0 Å². The predicted molar refractivity (Wildman–Crippen MR) is 117 cm³/mol. The van der Waals surface area contributed by atoms with Gasteiger partial charge in [-0.2, -0.15) is 13.2 Å². The van der Waals surface area contributed by atoms with Gasteiger partial charge in [-0.15, -0.1) is 11.8 Å². The van der Waals surface area contributed by atoms with Crippen LogP contribution >= 0.6 is 11.8 Å². The lowest BCUT2D eigenvalue weighted by Gasteiger charge is -2.36. The van der Waals surface area contributed by atoms with Gasteiger partial charge in [-0.05, 0) is 35.9 Å². The summed E-state index contributed by atoms with van der Waals surface area (Å²) in [6.45, 7) is 3.12. The molecule has 0 radical (unpaired) electrons. The zero-order valence-electron chi connectivity index (χ0n) is 17.7. The Labute approximate surface area is 193 Å². The standard InChI is InChI=1S/C23H23F4N3O2S/c24-19-6-2-3-16(14-19)21(32)29-10-7-28(8-11-29)9-12-30-20(31)15-33-22(30)17-4-1-5-18(13-17)23(25,26)27/h1-6,13-14,22H,7-12,15H2. The van der Waals surface area contributed by atoms with E-state index in [0.717, 1.165) is 12.1 Å². The third kappa shape index (κ3) is 5.50. The van der Waals surface area contributed by atoms with E-state index in [1.54, 1.807) is 21.9 Å². The lowest BCUT2D eigenvalue weighted by molar-refractivity contribution is -0.137. The first-order valence-electron chi connectivity index (χ1n) is 10.6. The Hall–Kier alpha value is -2.59. The molecule has 10 heteroatoms. The van der Waals surface area contributed by atoms with Crippen LogP contribution in [-0.4, -0.2) is 71.5 Å². The molecule has 2 aliphatic rings. The van der Waals surface area contributed by atoms with Crippen molar-refractivity contribution >= 4 is 23.6 Å². The summed E-state index contributed by atoms with van der Waals surface area (Å²) in [6, 6.07) is 10.7. The van der Waals surface area contributed by atoms with Gasteiger partial charge in [-0.25, -0.2) is 4.39 Å². The van der Waals surface area contributed by atoms with Crippen molar-refractivity contribution in [2.75, 3.05) is 45.0 Å². The largest absolute Gasteiger partial charge is 0.416 e. The van der Waals surface area contributed by atoms with Crippen LogP contribution in [0.15, 0.2) is 48.5 Å². The van der Waals surface area contributed by atoms with E-state index in [9.17, 15) is 27.2 Å². The van der Waals surface area contributed by atoms with Crippen molar-refractivity contribution in [1.82, 2.24) is 14.7 Å². The van der Waals surface area contributed by atoms with Gasteiger partial charge in [0.1, 0.15) is 11.2 Å². The van der Waals surface area contributed by atoms with Crippen LogP contribution in [0.25, 0.3) is 0 Å². The topological polar surface area (TPSA) is 43.9 Å². The predicted octanol–water partition coefficient (Wildman–Crippen LogP) is 3.88. The SMILES string of the molecule is O=C(c1cccc(F)c1)N1CCN(CCN2C(=O)CSC2c2cccc(C(F)(F)F)c2)CC1. The van der Waals surface area contributed by atoms with Gasteiger partial charge in [0, 0.05) is 44.8 Å². The Morgan fingerprint density at radius 2 is 1.73 bits per heavy atom. The number of alkyl halides is 3. The van der Waals surface area contributed by atoms with E-state index in [4.69, 9.17) is 0 Å². The van der Waals surface area contributed by atoms with Crippen molar-refractivity contribution in [2.45, 2.75) is 11.6 Å². The molecule has 2 fully saturated rings. The van der Waals surface area contributed by atoms with Gasteiger partial charge in [0.05, 0.1) is 11.3 Å². The molecule has 0 spiro atoms. The van der Waals surface area contributed by atoms with E-state index in [1.807, 2.05) is 0 Å². The molecule has 2 heterocycles. The van der Waals surface area contributed by atoms with Gasteiger partial charge in [0.25, 0.3) is 5.91 Å². The average molecular weight is 482 g/mol. The molecule has 0 aliphatic carbocycles. The maximum Gasteiger partial charge on any atom is 0.416 e. The fraction of sp³-hybridized carbons (Fsp3) is 0.391. The summed E-state index contributed by atoms with van der Waals surface area (Å²) < 4.78 is 52.7. The van der Waals surface area contributed by atoms with Gasteiger partial charge in [0.15, 0.2) is 0 Å². The summed E-state index contributed by atoms with van der Waals surface area (Å²) in [6.07, 6.45) is -4.43. The second-order valence-corrected chi connectivity index (χ2v) is 9.09. The minimum Gasteiger partial charge on any atom is -0.336 e. The quantitative estimate of drug-likeness (QED) is 0.609. The molecule has 0 aromatic heterocycles. The molecule has 2 aromatic rings. The number of halogens is 4. The number of carbonyl (C=O) groups excluding carboxylic acids is 2. The monoisotopic (exact) mass is 481 g/mol. The highest BCUT2D eigenvalue weighted by Gasteiger charge is 2.36. The minimum absolute atomic E-state index is 0.0951. The van der Waals surface area contributed by atoms with Crippen LogP contribution in [0.3, 0.4) is 0 Å². The van der Waals surface area contributed by atoms with Crippen molar-refractivity contribution in [3.8, 4) is 0 Å². The molecule has 0 bridgehead atoms. The molecular formula is C23H23F4N3O2S. The van der Waals surface area contributed by atoms with Crippen molar-refractivity contribution < 1.29 is 27.2 Å². The number of hydrogen-bond donors (Lipinski definition) is 0. The van der Waals surface area contributed by atoms with E-state index < -0.39 is 22.9 Å². The van der Waals surface area contributed by atoms with Crippen LogP contribution in [0.1, 0.15) is 26.9 Å². The van der Waals surface area contributed by atoms with E-state index in [1.165, 1.54) is 36.0 Å². The number of rotatable bonds is 5. The first kappa shape index (κ1) is 23.6. The van der Waals surface area contributed by atoms with Gasteiger partial charge in [-0.1, -0.05) is 18.2 Å². The van der Waals surface area contributed by atoms with Crippen molar-refractivity contribution in [3.63, 3.8) is 0 Å². The maximum atomic E-state index is 13.4. The molecule has 1 unspecified atom stereocenters. The van der Waals surface area contributed by atoms with Crippen molar-refractivity contribution in [1.29, 1.82) is 0 Å². The Bertz CT molecular complexity index is 1020. The minimum atomic E-state index is -4.43. The molecular weight excluding hydrogens is 458 g/mol. The molecule has 2 saturated heterocycles. The fourth-order valence-electron chi connectivity index (χ4n) is 4.07. The Morgan fingerprint density at radius 1 is 1.00 bits per heavy atom. The highest BCUT2D eigenvalue weighted by molar-refractivity contribution is 8.00. The van der Waals surface area contributed by atoms with Crippen LogP contribution in [0.2, 0.25) is 0 Å². The average Bonchev–Trinajstić information content (AvgIpc) is 3.17. The van der Waals surface area contributed by atoms with Crippen LogP contribution in [0.5, 0.6) is 0 Å². The number of carbonyl (C=O) groups is 2. The normalized spacial score (nSPS) is 19.9. The summed E-state index contributed by atoms with van der Waals surface area (Å²) in [5.74, 6) is -0.535. The Balaban J connectivity index is 1.33. The maximum absolute atomic E-state index is 13.4. The number of thioether (sulfide) groups is 1. The lowest BCUT2D eigenvalue weighted by atomic mass is 10.1. The summed E-state index contributed by atoms with van der Waals surface area (Å²) in [4.78, 5) is 30.4. The second kappa shape index (κ2) is 9.72. The van der Waals surface area contributed by atoms with Crippen molar-refractivity contribution in [2.24, 2.45) is 0 Å². The molecule has 4 rings (SSSR count). The fourth-order valence-corrected chi connectivity index (χ4v) is 5.28. The summed E-state index contributed by atoms with van der Waals surface area (Å²) in [7, 11) is 0. The Morgan fingerprint density at radius 3 is 2.42 bits per heavy atom. The van der Waals surface area contributed by atoms with Gasteiger partial charge >= 0.3 is 6.18 Å². The van der Waals surface area contributed by atoms with Gasteiger partial charge in [-0.3, -0.25) is 14.5 Å². The van der Waals surface area contributed by atoms with Crippen LogP contribution in [0.4, 0.5) is 17.6 Å². The number of piperazine rings is 1. The van der Waals surface area contributed by atoms with E-state index >= 15 is 0 Å². The first-order valence-corrected chi connectivity index (χ1v) is 11.6. The molecule has 0 N–H and O–H groups in total. The number of benzene rings is 2. The van der Waals surface area contributed by atoms with E-state index in [-0.39, 0.29) is 17.6 Å². The third-order valence-electron chi connectivity index (χ3n) is 5.86. The molecule has 2 amide bonds. The number of nitrogens with zero attached hydrogens (tertiary/aromatic N) is 3. The molecule has 0 saturated carbocycles. The van der Waals surface area contributed by atoms with Crippen LogP contribution in [0, 0.1) is 5.82 Å². The zero-order valence-corrected chi connectivity index (χ0v) is 18.5. The number of hydrogen-bond acceptors (Lipinski definition) is 4. The molecule has 2 aliphatic heterocycles. The zero-order chi connectivity index (χ0) is 23.6. The molecule has 1 atom stereocenters. The highest BCUT2D eigenvalue weighted by atomic mass is 32.2. The van der Waals surface area contributed by atoms with E-state index in [0.29, 0.717) is 50.4 Å². The van der Waals surface area contributed by atoms with Crippen LogP contribution in [-0.2, 0) is 11.0 Å². The summed E-state index contributed by atoms with van der Waals surface area (Å²) >= 11 is 1.33. The summed E-state index contributed by atoms with van der Waals surface area (Å²) in [5, 5.41) is -0.448. The smallest absolute Gasteiger partial charge is 0.336 e. The molecule has 33 heavy (non-hydrogen) atoms. The molecule has 176 valence electrons. The summed E-state index contributed by atoms with van der Waals surface area (Å²) in [5.41, 5.74) is 0.0530. The van der Waals surface area contributed by atoms with Crippen LogP contribution < -0.4 is 0 Å². The lowest BCUT2D eigenvalue weighted by Crippen LogP contribution is -2.50. The first-order chi connectivity index (χ1) is 15.7. The highest BCUT2D eigenvalue weighted by Crippen LogP contribution is 2.40. The van der Waals surface area contributed by atoms with Gasteiger partial charge < -0.3 is 9.80 Å². The molecule has 2 aromatic carbocycles. The Kier molecular flexibility index (Phi) is 6.94. The second-order valence-electron chi connectivity index (χ2n) is 8.02. The number of amides is 2. The third-order valence-corrected chi connectivity index (χ3v) is 7.11.